The van der Waals surface area contributed by atoms with Crippen LogP contribution in [0.25, 0.3) is 12.2 Å². The first-order valence-electron chi connectivity index (χ1n) is 10.4. The summed E-state index contributed by atoms with van der Waals surface area (Å²) in [5.41, 5.74) is 1.67. The number of methoxy groups -OCH3 is 2. The highest BCUT2D eigenvalue weighted by atomic mass is 16.6. The molecular weight excluding hydrogens is 412 g/mol. The zero-order valence-corrected chi connectivity index (χ0v) is 18.1. The minimum atomic E-state index is -0.139. The van der Waals surface area contributed by atoms with Crippen LogP contribution in [0.2, 0.25) is 0 Å². The van der Waals surface area contributed by atoms with E-state index in [1.165, 1.54) is 12.2 Å². The summed E-state index contributed by atoms with van der Waals surface area (Å²) in [6, 6.07) is 11.0. The van der Waals surface area contributed by atoms with Gasteiger partial charge in [-0.15, -0.1) is 0 Å². The molecule has 0 N–H and O–H groups in total. The predicted octanol–water partition coefficient (Wildman–Crippen LogP) is 3.55. The number of carbonyl (C=O) groups excluding carboxylic acids is 1. The van der Waals surface area contributed by atoms with Gasteiger partial charge in [-0.05, 0) is 47.5 Å². The van der Waals surface area contributed by atoms with Gasteiger partial charge in [0.1, 0.15) is 25.4 Å². The molecule has 7 heteroatoms. The van der Waals surface area contributed by atoms with E-state index < -0.39 is 0 Å². The fourth-order valence-electron chi connectivity index (χ4n) is 2.92. The molecule has 0 spiro atoms. The second kappa shape index (κ2) is 10.3. The van der Waals surface area contributed by atoms with Gasteiger partial charge in [-0.25, -0.2) is 0 Å². The standard InChI is InChI=1S/C25H26O7/c1-27-24-11-17(5-9-22(24)31-15-20-13-29-20)3-7-19(26)8-4-18-6-10-23(25(12-18)28-2)32-16-21-14-30-21/h3-12,20-21H,13-16H2,1-2H3/b7-3+,8-4+. The summed E-state index contributed by atoms with van der Waals surface area (Å²) in [6.07, 6.45) is 6.83. The molecule has 0 bridgehead atoms. The maximum Gasteiger partial charge on any atom is 0.178 e. The van der Waals surface area contributed by atoms with Gasteiger partial charge in [0.15, 0.2) is 28.8 Å². The van der Waals surface area contributed by atoms with E-state index in [2.05, 4.69) is 0 Å². The Balaban J connectivity index is 1.34. The van der Waals surface area contributed by atoms with Crippen molar-refractivity contribution in [2.75, 3.05) is 40.6 Å². The summed E-state index contributed by atoms with van der Waals surface area (Å²) in [5.74, 6) is 2.38. The number of allylic oxidation sites excluding steroid dienone is 2. The summed E-state index contributed by atoms with van der Waals surface area (Å²) in [7, 11) is 3.17. The van der Waals surface area contributed by atoms with E-state index in [9.17, 15) is 4.79 Å². The molecule has 0 amide bonds. The van der Waals surface area contributed by atoms with Gasteiger partial charge in [-0.3, -0.25) is 4.79 Å². The van der Waals surface area contributed by atoms with Crippen molar-refractivity contribution in [2.24, 2.45) is 0 Å². The van der Waals surface area contributed by atoms with Gasteiger partial charge in [0.25, 0.3) is 0 Å². The summed E-state index contributed by atoms with van der Waals surface area (Å²) in [6.45, 7) is 2.47. The molecule has 0 aliphatic carbocycles. The van der Waals surface area contributed by atoms with E-state index in [0.29, 0.717) is 36.2 Å². The molecule has 2 fully saturated rings. The molecule has 0 aromatic heterocycles. The molecule has 4 rings (SSSR count). The summed E-state index contributed by atoms with van der Waals surface area (Å²) < 4.78 is 32.5. The first-order chi connectivity index (χ1) is 15.6. The van der Waals surface area contributed by atoms with Crippen LogP contribution >= 0.6 is 0 Å². The highest BCUT2D eigenvalue weighted by Crippen LogP contribution is 2.30. The topological polar surface area (TPSA) is 79.1 Å². The van der Waals surface area contributed by atoms with Gasteiger partial charge in [0.2, 0.25) is 0 Å². The van der Waals surface area contributed by atoms with Crippen molar-refractivity contribution in [3.63, 3.8) is 0 Å². The van der Waals surface area contributed by atoms with Gasteiger partial charge in [-0.1, -0.05) is 24.3 Å². The van der Waals surface area contributed by atoms with Crippen LogP contribution in [0.5, 0.6) is 23.0 Å². The maximum atomic E-state index is 12.3. The van der Waals surface area contributed by atoms with E-state index in [4.69, 9.17) is 28.4 Å². The molecule has 168 valence electrons. The number of hydrogen-bond acceptors (Lipinski definition) is 7. The number of hydrogen-bond donors (Lipinski definition) is 0. The lowest BCUT2D eigenvalue weighted by Gasteiger charge is -2.10. The van der Waals surface area contributed by atoms with E-state index >= 15 is 0 Å². The monoisotopic (exact) mass is 438 g/mol. The van der Waals surface area contributed by atoms with Crippen molar-refractivity contribution < 1.29 is 33.2 Å². The van der Waals surface area contributed by atoms with Crippen molar-refractivity contribution in [2.45, 2.75) is 12.2 Å². The maximum absolute atomic E-state index is 12.3. The molecular formula is C25H26O7. The van der Waals surface area contributed by atoms with Crippen LogP contribution in [0.3, 0.4) is 0 Å². The summed E-state index contributed by atoms with van der Waals surface area (Å²) in [4.78, 5) is 12.3. The lowest BCUT2D eigenvalue weighted by molar-refractivity contribution is -0.110. The molecule has 0 saturated carbocycles. The molecule has 2 saturated heterocycles. The number of benzene rings is 2. The number of rotatable bonds is 12. The number of ether oxygens (including phenoxy) is 6. The van der Waals surface area contributed by atoms with Crippen LogP contribution in [0.1, 0.15) is 11.1 Å². The summed E-state index contributed by atoms with van der Waals surface area (Å²) in [5, 5.41) is 0. The number of ketones is 1. The average molecular weight is 438 g/mol. The van der Waals surface area contributed by atoms with Crippen molar-refractivity contribution >= 4 is 17.9 Å². The van der Waals surface area contributed by atoms with Gasteiger partial charge < -0.3 is 28.4 Å². The van der Waals surface area contributed by atoms with Crippen LogP contribution in [0.4, 0.5) is 0 Å². The first kappa shape index (κ1) is 21.9. The van der Waals surface area contributed by atoms with Crippen LogP contribution in [0.15, 0.2) is 48.6 Å². The smallest absolute Gasteiger partial charge is 0.178 e. The first-order valence-corrected chi connectivity index (χ1v) is 10.4. The predicted molar refractivity (Wildman–Crippen MR) is 120 cm³/mol. The van der Waals surface area contributed by atoms with Gasteiger partial charge in [0.05, 0.1) is 27.4 Å². The minimum Gasteiger partial charge on any atom is -0.493 e. The van der Waals surface area contributed by atoms with E-state index in [0.717, 1.165) is 24.3 Å². The largest absolute Gasteiger partial charge is 0.493 e. The third-order valence-electron chi connectivity index (χ3n) is 4.91. The third-order valence-corrected chi connectivity index (χ3v) is 4.91. The lowest BCUT2D eigenvalue weighted by atomic mass is 10.1. The van der Waals surface area contributed by atoms with E-state index in [1.54, 1.807) is 26.4 Å². The molecule has 2 heterocycles. The second-order valence-corrected chi connectivity index (χ2v) is 7.42. The Bertz CT molecular complexity index is 924. The highest BCUT2D eigenvalue weighted by molar-refractivity contribution is 6.04. The van der Waals surface area contributed by atoms with Crippen molar-refractivity contribution in [3.05, 3.63) is 59.7 Å². The van der Waals surface area contributed by atoms with Gasteiger partial charge in [0, 0.05) is 0 Å². The van der Waals surface area contributed by atoms with Crippen LogP contribution in [0, 0.1) is 0 Å². The zero-order chi connectivity index (χ0) is 22.3. The van der Waals surface area contributed by atoms with Crippen molar-refractivity contribution in [1.29, 1.82) is 0 Å². The van der Waals surface area contributed by atoms with Gasteiger partial charge >= 0.3 is 0 Å². The minimum absolute atomic E-state index is 0.139. The van der Waals surface area contributed by atoms with Crippen LogP contribution < -0.4 is 18.9 Å². The average Bonchev–Trinajstić information content (AvgIpc) is 3.74. The summed E-state index contributed by atoms with van der Waals surface area (Å²) >= 11 is 0. The Morgan fingerprint density at radius 2 is 1.25 bits per heavy atom. The Kier molecular flexibility index (Phi) is 7.09. The quantitative estimate of drug-likeness (QED) is 0.370. The Labute approximate surface area is 187 Å². The van der Waals surface area contributed by atoms with Crippen LogP contribution in [-0.4, -0.2) is 58.6 Å². The molecule has 2 aliphatic rings. The molecule has 2 aromatic carbocycles. The van der Waals surface area contributed by atoms with Crippen molar-refractivity contribution in [1.82, 2.24) is 0 Å². The molecule has 2 aliphatic heterocycles. The fraction of sp³-hybridized carbons (Fsp3) is 0.320. The van der Waals surface area contributed by atoms with Gasteiger partial charge in [-0.2, -0.15) is 0 Å². The molecule has 2 unspecified atom stereocenters. The Hall–Kier alpha value is -3.29. The molecule has 0 radical (unpaired) electrons. The molecule has 2 atom stereocenters. The van der Waals surface area contributed by atoms with E-state index in [1.807, 2.05) is 36.4 Å². The third kappa shape index (κ3) is 6.35. The fourth-order valence-corrected chi connectivity index (χ4v) is 2.92. The Morgan fingerprint density at radius 3 is 1.62 bits per heavy atom. The van der Waals surface area contributed by atoms with Crippen molar-refractivity contribution in [3.8, 4) is 23.0 Å². The highest BCUT2D eigenvalue weighted by Gasteiger charge is 2.24. The van der Waals surface area contributed by atoms with E-state index in [-0.39, 0.29) is 18.0 Å². The normalized spacial score (nSPS) is 19.2. The molecule has 7 nitrogen and oxygen atoms in total. The number of carbonyl (C=O) groups is 1. The van der Waals surface area contributed by atoms with Crippen LogP contribution in [-0.2, 0) is 14.3 Å². The molecule has 32 heavy (non-hydrogen) atoms. The lowest BCUT2D eigenvalue weighted by Crippen LogP contribution is -2.05. The SMILES string of the molecule is COc1cc(/C=C/C(=O)/C=C/c2ccc(OCC3CO3)c(OC)c2)ccc1OCC1CO1. The number of epoxide rings is 2. The molecule has 2 aromatic rings. The zero-order valence-electron chi connectivity index (χ0n) is 18.1. The second-order valence-electron chi connectivity index (χ2n) is 7.42. The Morgan fingerprint density at radius 1 is 0.812 bits per heavy atom.